The Morgan fingerprint density at radius 2 is 1.54 bits per heavy atom. The molecule has 0 fully saturated rings. The zero-order chi connectivity index (χ0) is 19.0. The van der Waals surface area contributed by atoms with Crippen molar-refractivity contribution in [3.63, 3.8) is 0 Å². The van der Waals surface area contributed by atoms with Gasteiger partial charge in [0.05, 0.1) is 22.3 Å². The number of carbonyl (C=O) groups is 2. The number of esters is 2. The molecule has 0 atom stereocenters. The summed E-state index contributed by atoms with van der Waals surface area (Å²) in [5.74, 6) is -1.23. The van der Waals surface area contributed by atoms with Gasteiger partial charge in [0.1, 0.15) is 0 Å². The highest BCUT2D eigenvalue weighted by atomic mass is 28.3. The standard InChI is InChI=1S/C19H32O4Si/c1-9-10-13-19(16(20)22-5,17(21)23-6)14-11-12-15-24(7,8)18(2,3)4/h9,11-12,14-15H,1,10,13H2,2-8H3/b14-11+,15-12+. The molecule has 0 bridgehead atoms. The van der Waals surface area contributed by atoms with Gasteiger partial charge in [-0.1, -0.05) is 63.9 Å². The summed E-state index contributed by atoms with van der Waals surface area (Å²) >= 11 is 0. The molecule has 0 aliphatic rings. The van der Waals surface area contributed by atoms with E-state index < -0.39 is 25.4 Å². The molecule has 0 amide bonds. The lowest BCUT2D eigenvalue weighted by molar-refractivity contribution is -0.165. The summed E-state index contributed by atoms with van der Waals surface area (Å²) < 4.78 is 9.69. The van der Waals surface area contributed by atoms with Crippen LogP contribution in [0.4, 0.5) is 0 Å². The highest BCUT2D eigenvalue weighted by molar-refractivity contribution is 6.84. The third kappa shape index (κ3) is 5.48. The van der Waals surface area contributed by atoms with Gasteiger partial charge in [0.2, 0.25) is 0 Å². The van der Waals surface area contributed by atoms with Gasteiger partial charge in [0, 0.05) is 0 Å². The Morgan fingerprint density at radius 3 is 1.92 bits per heavy atom. The Bertz CT molecular complexity index is 494. The van der Waals surface area contributed by atoms with Crippen LogP contribution in [-0.2, 0) is 19.1 Å². The molecule has 24 heavy (non-hydrogen) atoms. The van der Waals surface area contributed by atoms with Gasteiger partial charge >= 0.3 is 11.9 Å². The maximum Gasteiger partial charge on any atom is 0.327 e. The van der Waals surface area contributed by atoms with E-state index in [1.54, 1.807) is 18.2 Å². The predicted molar refractivity (Wildman–Crippen MR) is 101 cm³/mol. The van der Waals surface area contributed by atoms with E-state index in [9.17, 15) is 9.59 Å². The van der Waals surface area contributed by atoms with E-state index in [0.29, 0.717) is 6.42 Å². The predicted octanol–water partition coefficient (Wildman–Crippen LogP) is 4.45. The van der Waals surface area contributed by atoms with Gasteiger partial charge in [-0.2, -0.15) is 0 Å². The largest absolute Gasteiger partial charge is 0.468 e. The van der Waals surface area contributed by atoms with Gasteiger partial charge < -0.3 is 9.47 Å². The summed E-state index contributed by atoms with van der Waals surface area (Å²) in [6.07, 6.45) is 7.68. The molecule has 0 aromatic heterocycles. The van der Waals surface area contributed by atoms with Crippen LogP contribution < -0.4 is 0 Å². The van der Waals surface area contributed by atoms with Crippen molar-refractivity contribution in [3.05, 3.63) is 36.6 Å². The molecule has 5 heteroatoms. The van der Waals surface area contributed by atoms with Crippen LogP contribution in [-0.4, -0.2) is 34.2 Å². The number of hydrogen-bond donors (Lipinski definition) is 0. The minimum atomic E-state index is -1.58. The highest BCUT2D eigenvalue weighted by Crippen LogP contribution is 2.36. The monoisotopic (exact) mass is 352 g/mol. The van der Waals surface area contributed by atoms with E-state index in [-0.39, 0.29) is 11.5 Å². The number of carbonyl (C=O) groups excluding carboxylic acids is 2. The Labute approximate surface area is 147 Å². The molecule has 0 saturated carbocycles. The number of methoxy groups -OCH3 is 2. The van der Waals surface area contributed by atoms with Crippen molar-refractivity contribution in [1.82, 2.24) is 0 Å². The number of hydrogen-bond acceptors (Lipinski definition) is 4. The summed E-state index contributed by atoms with van der Waals surface area (Å²) in [5.41, 5.74) is 0.770. The molecule has 0 aliphatic carbocycles. The van der Waals surface area contributed by atoms with Crippen LogP contribution in [0.25, 0.3) is 0 Å². The summed E-state index contributed by atoms with van der Waals surface area (Å²) in [7, 11) is 0.964. The van der Waals surface area contributed by atoms with Crippen molar-refractivity contribution in [3.8, 4) is 0 Å². The summed E-state index contributed by atoms with van der Waals surface area (Å²) in [5, 5.41) is 0.224. The Morgan fingerprint density at radius 1 is 1.04 bits per heavy atom. The number of rotatable bonds is 8. The van der Waals surface area contributed by atoms with Crippen molar-refractivity contribution in [2.45, 2.75) is 51.7 Å². The van der Waals surface area contributed by atoms with Crippen molar-refractivity contribution < 1.29 is 19.1 Å². The highest BCUT2D eigenvalue weighted by Gasteiger charge is 2.45. The maximum absolute atomic E-state index is 12.3. The van der Waals surface area contributed by atoms with E-state index in [2.05, 4.69) is 46.1 Å². The maximum atomic E-state index is 12.3. The van der Waals surface area contributed by atoms with Crippen LogP contribution in [0.15, 0.2) is 36.6 Å². The average Bonchev–Trinajstić information content (AvgIpc) is 2.51. The van der Waals surface area contributed by atoms with Crippen molar-refractivity contribution >= 4 is 20.0 Å². The van der Waals surface area contributed by atoms with E-state index in [1.165, 1.54) is 14.2 Å². The lowest BCUT2D eigenvalue weighted by Crippen LogP contribution is -2.39. The van der Waals surface area contributed by atoms with Crippen molar-refractivity contribution in [1.29, 1.82) is 0 Å². The molecular weight excluding hydrogens is 320 g/mol. The smallest absolute Gasteiger partial charge is 0.327 e. The summed E-state index contributed by atoms with van der Waals surface area (Å²) in [6.45, 7) is 14.9. The summed E-state index contributed by atoms with van der Waals surface area (Å²) in [4.78, 5) is 24.5. The number of ether oxygens (including phenoxy) is 2. The molecule has 0 spiro atoms. The minimum Gasteiger partial charge on any atom is -0.468 e. The fourth-order valence-electron chi connectivity index (χ4n) is 1.97. The van der Waals surface area contributed by atoms with Gasteiger partial charge in [-0.3, -0.25) is 9.59 Å². The fraction of sp³-hybridized carbons (Fsp3) is 0.579. The van der Waals surface area contributed by atoms with E-state index in [4.69, 9.17) is 9.47 Å². The van der Waals surface area contributed by atoms with Gasteiger partial charge in [0.15, 0.2) is 5.41 Å². The first-order valence-electron chi connectivity index (χ1n) is 8.13. The first-order valence-corrected chi connectivity index (χ1v) is 11.2. The molecule has 0 heterocycles. The second-order valence-corrected chi connectivity index (χ2v) is 12.7. The quantitative estimate of drug-likeness (QED) is 0.213. The van der Waals surface area contributed by atoms with Gasteiger partial charge in [-0.15, -0.1) is 6.58 Å². The first-order chi connectivity index (χ1) is 11.0. The SMILES string of the molecule is C=CCCC(/C=C/C=C/[Si](C)(C)C(C)(C)C)(C(=O)OC)C(=O)OC. The van der Waals surface area contributed by atoms with Crippen LogP contribution >= 0.6 is 0 Å². The Kier molecular flexibility index (Phi) is 8.41. The second-order valence-electron chi connectivity index (χ2n) is 7.47. The van der Waals surface area contributed by atoms with Crippen LogP contribution in [0.1, 0.15) is 33.6 Å². The molecule has 136 valence electrons. The molecule has 0 N–H and O–H groups in total. The van der Waals surface area contributed by atoms with Crippen LogP contribution in [0.2, 0.25) is 18.1 Å². The molecule has 0 aromatic rings. The second kappa shape index (κ2) is 9.02. The van der Waals surface area contributed by atoms with Gasteiger partial charge in [-0.05, 0) is 17.9 Å². The molecule has 4 nitrogen and oxygen atoms in total. The molecule has 0 radical (unpaired) electrons. The Hall–Kier alpha value is -1.62. The molecule has 0 saturated heterocycles. The van der Waals surface area contributed by atoms with Gasteiger partial charge in [0.25, 0.3) is 0 Å². The number of allylic oxidation sites excluding steroid dienone is 3. The zero-order valence-corrected chi connectivity index (χ0v) is 17.1. The van der Waals surface area contributed by atoms with Crippen molar-refractivity contribution in [2.75, 3.05) is 14.2 Å². The average molecular weight is 353 g/mol. The van der Waals surface area contributed by atoms with Crippen LogP contribution in [0.5, 0.6) is 0 Å². The van der Waals surface area contributed by atoms with Crippen LogP contribution in [0.3, 0.4) is 0 Å². The zero-order valence-electron chi connectivity index (χ0n) is 16.1. The molecule has 0 unspecified atom stereocenters. The molecule has 0 aliphatic heterocycles. The molecule has 0 rings (SSSR count). The normalized spacial score (nSPS) is 13.3. The van der Waals surface area contributed by atoms with Crippen LogP contribution in [0, 0.1) is 5.41 Å². The minimum absolute atomic E-state index is 0.224. The molecular formula is C19H32O4Si. The fourth-order valence-corrected chi connectivity index (χ4v) is 3.06. The Balaban J connectivity index is 5.64. The topological polar surface area (TPSA) is 52.6 Å². The first kappa shape index (κ1) is 22.4. The van der Waals surface area contributed by atoms with E-state index >= 15 is 0 Å². The van der Waals surface area contributed by atoms with E-state index in [1.807, 2.05) is 6.08 Å². The van der Waals surface area contributed by atoms with Gasteiger partial charge in [-0.25, -0.2) is 0 Å². The lowest BCUT2D eigenvalue weighted by Gasteiger charge is -2.34. The van der Waals surface area contributed by atoms with E-state index in [0.717, 1.165) is 0 Å². The van der Waals surface area contributed by atoms with Crippen molar-refractivity contribution in [2.24, 2.45) is 5.41 Å². The molecule has 0 aromatic carbocycles. The third-order valence-corrected chi connectivity index (χ3v) is 9.67. The lowest BCUT2D eigenvalue weighted by atomic mass is 9.82. The summed E-state index contributed by atoms with van der Waals surface area (Å²) in [6, 6.07) is 0. The third-order valence-electron chi connectivity index (χ3n) is 4.78.